The number of aromatic nitrogens is 3. The van der Waals surface area contributed by atoms with Gasteiger partial charge in [-0.25, -0.2) is 9.07 Å². The van der Waals surface area contributed by atoms with Gasteiger partial charge in [0, 0.05) is 18.4 Å². The molecule has 2 amide bonds. The molecule has 200 valence electrons. The van der Waals surface area contributed by atoms with Crippen LogP contribution in [0.25, 0.3) is 0 Å². The summed E-state index contributed by atoms with van der Waals surface area (Å²) in [4.78, 5) is 28.3. The number of carbonyl (C=O) groups excluding carboxylic acids is 2. The Morgan fingerprint density at radius 1 is 1.00 bits per heavy atom. The molecule has 1 aromatic heterocycles. The topological polar surface area (TPSA) is 89.4 Å². The molecule has 1 aliphatic rings. The zero-order chi connectivity index (χ0) is 27.2. The van der Waals surface area contributed by atoms with E-state index in [9.17, 15) is 14.0 Å². The fraction of sp³-hybridized carbons (Fsp3) is 0.267. The molecule has 3 aromatic carbocycles. The average Bonchev–Trinajstić information content (AvgIpc) is 3.61. The van der Waals surface area contributed by atoms with E-state index in [1.165, 1.54) is 34.1 Å². The molecule has 0 radical (unpaired) electrons. The number of carbonyl (C=O) groups is 2. The van der Waals surface area contributed by atoms with Crippen molar-refractivity contribution in [2.45, 2.75) is 38.8 Å². The van der Waals surface area contributed by atoms with Crippen molar-refractivity contribution in [3.05, 3.63) is 102 Å². The lowest BCUT2D eigenvalue weighted by atomic mass is 9.96. The molecule has 1 N–H and O–H groups in total. The lowest BCUT2D eigenvalue weighted by Crippen LogP contribution is -2.44. The highest BCUT2D eigenvalue weighted by molar-refractivity contribution is 5.97. The fourth-order valence-corrected chi connectivity index (χ4v) is 4.80. The van der Waals surface area contributed by atoms with E-state index < -0.39 is 6.04 Å². The summed E-state index contributed by atoms with van der Waals surface area (Å²) in [6, 6.07) is 20.6. The molecule has 2 atom stereocenters. The summed E-state index contributed by atoms with van der Waals surface area (Å²) in [7, 11) is 0. The second-order valence-electron chi connectivity index (χ2n) is 9.86. The summed E-state index contributed by atoms with van der Waals surface area (Å²) in [5.74, 6) is 0.541. The molecule has 1 fully saturated rings. The van der Waals surface area contributed by atoms with Gasteiger partial charge in [0.05, 0.1) is 6.20 Å². The number of halogens is 1. The van der Waals surface area contributed by atoms with Gasteiger partial charge in [-0.15, -0.1) is 5.10 Å². The number of benzene rings is 3. The van der Waals surface area contributed by atoms with Crippen LogP contribution in [0.2, 0.25) is 0 Å². The first-order valence-corrected chi connectivity index (χ1v) is 13.0. The summed E-state index contributed by atoms with van der Waals surface area (Å²) in [6.45, 7) is 2.61. The van der Waals surface area contributed by atoms with Crippen LogP contribution < -0.4 is 10.1 Å². The second kappa shape index (κ2) is 11.9. The first-order valence-electron chi connectivity index (χ1n) is 13.0. The van der Waals surface area contributed by atoms with Crippen LogP contribution in [0.15, 0.2) is 85.2 Å². The molecule has 2 heterocycles. The van der Waals surface area contributed by atoms with E-state index in [0.717, 1.165) is 12.8 Å². The van der Waals surface area contributed by atoms with Crippen LogP contribution in [0.4, 0.5) is 10.1 Å². The number of likely N-dealkylation sites (tertiary alicyclic amines) is 1. The number of amides is 2. The van der Waals surface area contributed by atoms with Gasteiger partial charge < -0.3 is 15.0 Å². The number of hydrogen-bond acceptors (Lipinski definition) is 5. The Balaban J connectivity index is 1.24. The third-order valence-corrected chi connectivity index (χ3v) is 6.91. The highest BCUT2D eigenvalue weighted by Gasteiger charge is 2.39. The Labute approximate surface area is 226 Å². The highest BCUT2D eigenvalue weighted by atomic mass is 19.1. The Kier molecular flexibility index (Phi) is 7.96. The van der Waals surface area contributed by atoms with Crippen LogP contribution in [0, 0.1) is 18.7 Å². The number of nitrogens with one attached hydrogen (secondary N) is 1. The molecule has 0 spiro atoms. The van der Waals surface area contributed by atoms with Gasteiger partial charge in [-0.2, -0.15) is 0 Å². The van der Waals surface area contributed by atoms with Crippen LogP contribution in [0.5, 0.6) is 11.5 Å². The maximum absolute atomic E-state index is 13.4. The Bertz CT molecular complexity index is 1390. The van der Waals surface area contributed by atoms with Gasteiger partial charge in [-0.1, -0.05) is 35.0 Å². The van der Waals surface area contributed by atoms with Crippen molar-refractivity contribution in [1.82, 2.24) is 19.9 Å². The van der Waals surface area contributed by atoms with Crippen molar-refractivity contribution in [3.63, 3.8) is 0 Å². The largest absolute Gasteiger partial charge is 0.457 e. The predicted octanol–water partition coefficient (Wildman–Crippen LogP) is 5.01. The first-order chi connectivity index (χ1) is 18.9. The average molecular weight is 528 g/mol. The molecule has 0 saturated carbocycles. The second-order valence-corrected chi connectivity index (χ2v) is 9.86. The Morgan fingerprint density at radius 2 is 1.69 bits per heavy atom. The van der Waals surface area contributed by atoms with Crippen LogP contribution in [0.1, 0.15) is 24.0 Å². The SMILES string of the molecule is Cc1ccc(CCC2CC(C(=O)Nc3ccc(Oc4ccc(F)cc4)cc3)N(C(=O)Cn3ccnn3)C2)cc1. The van der Waals surface area contributed by atoms with E-state index in [0.29, 0.717) is 30.2 Å². The van der Waals surface area contributed by atoms with E-state index in [1.807, 2.05) is 0 Å². The van der Waals surface area contributed by atoms with Crippen molar-refractivity contribution in [2.75, 3.05) is 11.9 Å². The normalized spacial score (nSPS) is 16.7. The molecule has 4 aromatic rings. The zero-order valence-corrected chi connectivity index (χ0v) is 21.7. The zero-order valence-electron chi connectivity index (χ0n) is 21.7. The lowest BCUT2D eigenvalue weighted by molar-refractivity contribution is -0.137. The quantitative estimate of drug-likeness (QED) is 0.331. The Hall–Kier alpha value is -4.53. The van der Waals surface area contributed by atoms with E-state index >= 15 is 0 Å². The number of ether oxygens (including phenoxy) is 1. The van der Waals surface area contributed by atoms with Crippen molar-refractivity contribution in [2.24, 2.45) is 5.92 Å². The maximum atomic E-state index is 13.4. The van der Waals surface area contributed by atoms with Gasteiger partial charge in [-0.05, 0) is 86.2 Å². The number of rotatable bonds is 9. The Morgan fingerprint density at radius 3 is 2.36 bits per heavy atom. The molecule has 0 aliphatic carbocycles. The summed E-state index contributed by atoms with van der Waals surface area (Å²) in [5.41, 5.74) is 3.06. The number of hydrogen-bond donors (Lipinski definition) is 1. The lowest BCUT2D eigenvalue weighted by Gasteiger charge is -2.24. The molecule has 1 saturated heterocycles. The van der Waals surface area contributed by atoms with Gasteiger partial charge >= 0.3 is 0 Å². The van der Waals surface area contributed by atoms with Gasteiger partial charge in [0.15, 0.2) is 0 Å². The highest BCUT2D eigenvalue weighted by Crippen LogP contribution is 2.29. The monoisotopic (exact) mass is 527 g/mol. The third-order valence-electron chi connectivity index (χ3n) is 6.91. The maximum Gasteiger partial charge on any atom is 0.247 e. The van der Waals surface area contributed by atoms with Crippen LogP contribution >= 0.6 is 0 Å². The molecular weight excluding hydrogens is 497 g/mol. The molecular formula is C30H30FN5O3. The molecule has 1 aliphatic heterocycles. The van der Waals surface area contributed by atoms with Gasteiger partial charge in [0.2, 0.25) is 11.8 Å². The minimum Gasteiger partial charge on any atom is -0.457 e. The predicted molar refractivity (Wildman–Crippen MR) is 145 cm³/mol. The molecule has 8 nitrogen and oxygen atoms in total. The smallest absolute Gasteiger partial charge is 0.247 e. The minimum atomic E-state index is -0.584. The van der Waals surface area contributed by atoms with E-state index in [1.54, 1.807) is 47.5 Å². The standard InChI is InChI=1S/C30H30FN5O3/c1-21-2-4-22(5-3-21)6-7-23-18-28(36(19-23)29(37)20-35-17-16-32-34-35)30(38)33-25-10-14-27(15-11-25)39-26-12-8-24(31)9-13-26/h2-5,8-17,23,28H,6-7,18-20H2,1H3,(H,33,38). The van der Waals surface area contributed by atoms with Gasteiger partial charge in [0.25, 0.3) is 0 Å². The van der Waals surface area contributed by atoms with Crippen molar-refractivity contribution >= 4 is 17.5 Å². The summed E-state index contributed by atoms with van der Waals surface area (Å²) < 4.78 is 20.3. The molecule has 5 rings (SSSR count). The number of aryl methyl sites for hydroxylation is 2. The van der Waals surface area contributed by atoms with E-state index in [4.69, 9.17) is 4.74 Å². The molecule has 9 heteroatoms. The number of nitrogens with zero attached hydrogens (tertiary/aromatic N) is 4. The van der Waals surface area contributed by atoms with E-state index in [-0.39, 0.29) is 30.1 Å². The van der Waals surface area contributed by atoms with Gasteiger partial charge in [-0.3, -0.25) is 9.59 Å². The summed E-state index contributed by atoms with van der Waals surface area (Å²) in [6.07, 6.45) is 5.52. The first kappa shape index (κ1) is 26.1. The fourth-order valence-electron chi connectivity index (χ4n) is 4.80. The minimum absolute atomic E-state index is 0.0316. The van der Waals surface area contributed by atoms with Crippen LogP contribution in [-0.4, -0.2) is 44.3 Å². The van der Waals surface area contributed by atoms with Crippen molar-refractivity contribution in [3.8, 4) is 11.5 Å². The third kappa shape index (κ3) is 6.87. The summed E-state index contributed by atoms with van der Waals surface area (Å²) in [5, 5.41) is 10.6. The van der Waals surface area contributed by atoms with E-state index in [2.05, 4.69) is 46.8 Å². The molecule has 2 unspecified atom stereocenters. The van der Waals surface area contributed by atoms with Crippen LogP contribution in [-0.2, 0) is 22.6 Å². The van der Waals surface area contributed by atoms with Crippen molar-refractivity contribution < 1.29 is 18.7 Å². The summed E-state index contributed by atoms with van der Waals surface area (Å²) >= 11 is 0. The van der Waals surface area contributed by atoms with Gasteiger partial charge in [0.1, 0.15) is 29.9 Å². The molecule has 39 heavy (non-hydrogen) atoms. The number of anilines is 1. The molecule has 0 bridgehead atoms. The van der Waals surface area contributed by atoms with Crippen molar-refractivity contribution in [1.29, 1.82) is 0 Å². The van der Waals surface area contributed by atoms with Crippen LogP contribution in [0.3, 0.4) is 0 Å².